The predicted molar refractivity (Wildman–Crippen MR) is 186 cm³/mol. The van der Waals surface area contributed by atoms with Crippen LogP contribution in [0.4, 0.5) is 0 Å². The molecule has 1 aromatic heterocycles. The zero-order valence-electron chi connectivity index (χ0n) is 24.5. The lowest BCUT2D eigenvalue weighted by atomic mass is 9.84. The molecule has 7 aromatic carbocycles. The molecule has 8 aromatic rings. The summed E-state index contributed by atoms with van der Waals surface area (Å²) in [4.78, 5) is 0. The summed E-state index contributed by atoms with van der Waals surface area (Å²) in [5.41, 5.74) is 11.8. The average molecular weight is 550 g/mol. The van der Waals surface area contributed by atoms with Crippen LogP contribution in [0, 0.1) is 6.92 Å². The van der Waals surface area contributed by atoms with Gasteiger partial charge in [0.25, 0.3) is 0 Å². The first-order chi connectivity index (χ1) is 21.2. The minimum Gasteiger partial charge on any atom is -0.309 e. The molecule has 1 nitrogen and oxygen atoms in total. The summed E-state index contributed by atoms with van der Waals surface area (Å²) in [6, 6.07) is 43.2. The van der Waals surface area contributed by atoms with Gasteiger partial charge in [0.2, 0.25) is 0 Å². The Morgan fingerprint density at radius 3 is 1.88 bits per heavy atom. The fourth-order valence-corrected chi connectivity index (χ4v) is 7.46. The maximum absolute atomic E-state index is 2.51. The molecule has 1 aliphatic carbocycles. The Bertz CT molecular complexity index is 2390. The van der Waals surface area contributed by atoms with E-state index in [4.69, 9.17) is 0 Å². The van der Waals surface area contributed by atoms with Crippen molar-refractivity contribution in [2.45, 2.75) is 26.7 Å². The van der Waals surface area contributed by atoms with E-state index in [0.29, 0.717) is 0 Å². The minimum atomic E-state index is 1.06. The maximum atomic E-state index is 2.51. The van der Waals surface area contributed by atoms with Crippen LogP contribution in [0.2, 0.25) is 0 Å². The van der Waals surface area contributed by atoms with Crippen molar-refractivity contribution >= 4 is 59.7 Å². The second kappa shape index (κ2) is 9.18. The van der Waals surface area contributed by atoms with Crippen molar-refractivity contribution in [3.05, 3.63) is 144 Å². The quantitative estimate of drug-likeness (QED) is 0.193. The van der Waals surface area contributed by atoms with Crippen LogP contribution in [0.15, 0.2) is 133 Å². The molecule has 0 unspecified atom stereocenters. The molecule has 0 radical (unpaired) electrons. The number of aryl methyl sites for hydroxylation is 1. The molecule has 1 heteroatoms. The van der Waals surface area contributed by atoms with Crippen LogP contribution in [0.5, 0.6) is 0 Å². The number of para-hydroxylation sites is 2. The SMILES string of the molecule is CC1=CC=C(c2cc(-n3c4ccccc4c4ccccc43)c3ccc4c(-c5ccc(C)cc5)ccc5ccc2c3c54)CC1. The zero-order valence-corrected chi connectivity index (χ0v) is 24.5. The first kappa shape index (κ1) is 24.5. The number of fused-ring (bicyclic) bond motifs is 3. The number of hydrogen-bond acceptors (Lipinski definition) is 0. The molecular formula is C42H31N. The van der Waals surface area contributed by atoms with Gasteiger partial charge in [-0.3, -0.25) is 0 Å². The van der Waals surface area contributed by atoms with Gasteiger partial charge >= 0.3 is 0 Å². The lowest BCUT2D eigenvalue weighted by Crippen LogP contribution is -2.01. The third kappa shape index (κ3) is 3.58. The first-order valence-electron chi connectivity index (χ1n) is 15.3. The highest BCUT2D eigenvalue weighted by molar-refractivity contribution is 6.28. The summed E-state index contributed by atoms with van der Waals surface area (Å²) in [5.74, 6) is 0. The predicted octanol–water partition coefficient (Wildman–Crippen LogP) is 11.8. The van der Waals surface area contributed by atoms with Crippen molar-refractivity contribution in [2.24, 2.45) is 0 Å². The van der Waals surface area contributed by atoms with Gasteiger partial charge in [-0.2, -0.15) is 0 Å². The van der Waals surface area contributed by atoms with Gasteiger partial charge in [0.05, 0.1) is 16.7 Å². The highest BCUT2D eigenvalue weighted by Gasteiger charge is 2.21. The normalized spacial score (nSPS) is 13.9. The van der Waals surface area contributed by atoms with Gasteiger partial charge in [0, 0.05) is 21.5 Å². The average Bonchev–Trinajstić information content (AvgIpc) is 3.38. The standard InChI is InChI=1S/C42H31N/c1-26-11-15-28(16-12-26)31-21-19-30-20-22-35-37(29-17-13-27(2)14-18-29)25-40(36-24-23-34(31)41(30)42(35)36)43-38-9-5-3-7-32(38)33-8-4-6-10-39(33)43/h3-13,15-17,19-25H,14,18H2,1-2H3. The molecule has 1 heterocycles. The molecule has 0 atom stereocenters. The monoisotopic (exact) mass is 549 g/mol. The van der Waals surface area contributed by atoms with Crippen LogP contribution in [0.1, 0.15) is 30.9 Å². The van der Waals surface area contributed by atoms with Crippen molar-refractivity contribution in [1.29, 1.82) is 0 Å². The topological polar surface area (TPSA) is 4.93 Å². The number of benzene rings is 7. The molecule has 43 heavy (non-hydrogen) atoms. The van der Waals surface area contributed by atoms with Crippen LogP contribution in [-0.4, -0.2) is 4.57 Å². The zero-order chi connectivity index (χ0) is 28.7. The van der Waals surface area contributed by atoms with Crippen molar-refractivity contribution in [2.75, 3.05) is 0 Å². The van der Waals surface area contributed by atoms with E-state index in [1.54, 1.807) is 0 Å². The molecule has 0 aliphatic heterocycles. The number of nitrogens with zero attached hydrogens (tertiary/aromatic N) is 1. The number of hydrogen-bond donors (Lipinski definition) is 0. The molecule has 204 valence electrons. The molecule has 0 spiro atoms. The maximum Gasteiger partial charge on any atom is 0.0547 e. The van der Waals surface area contributed by atoms with E-state index in [0.717, 1.165) is 12.8 Å². The Hall–Kier alpha value is -5.14. The van der Waals surface area contributed by atoms with Gasteiger partial charge in [0.1, 0.15) is 0 Å². The Balaban J connectivity index is 1.46. The second-order valence-corrected chi connectivity index (χ2v) is 12.2. The van der Waals surface area contributed by atoms with E-state index in [9.17, 15) is 0 Å². The Labute approximate surface area is 251 Å². The van der Waals surface area contributed by atoms with E-state index < -0.39 is 0 Å². The van der Waals surface area contributed by atoms with Gasteiger partial charge in [0.15, 0.2) is 0 Å². The van der Waals surface area contributed by atoms with Crippen LogP contribution in [0.3, 0.4) is 0 Å². The van der Waals surface area contributed by atoms with E-state index in [1.165, 1.54) is 93.2 Å². The Morgan fingerprint density at radius 1 is 0.512 bits per heavy atom. The highest BCUT2D eigenvalue weighted by atomic mass is 15.0. The van der Waals surface area contributed by atoms with Gasteiger partial charge < -0.3 is 4.57 Å². The molecule has 0 bridgehead atoms. The largest absolute Gasteiger partial charge is 0.309 e. The van der Waals surface area contributed by atoms with Crippen LogP contribution in [0.25, 0.3) is 76.5 Å². The van der Waals surface area contributed by atoms with E-state index in [2.05, 4.69) is 146 Å². The molecule has 0 saturated carbocycles. The third-order valence-electron chi connectivity index (χ3n) is 9.65. The molecule has 0 N–H and O–H groups in total. The Morgan fingerprint density at radius 2 is 1.16 bits per heavy atom. The summed E-state index contributed by atoms with van der Waals surface area (Å²) in [6.45, 7) is 4.40. The van der Waals surface area contributed by atoms with Gasteiger partial charge in [-0.15, -0.1) is 0 Å². The van der Waals surface area contributed by atoms with E-state index in [-0.39, 0.29) is 0 Å². The first-order valence-corrected chi connectivity index (χ1v) is 15.3. The molecular weight excluding hydrogens is 518 g/mol. The van der Waals surface area contributed by atoms with Gasteiger partial charge in [-0.05, 0) is 88.7 Å². The molecule has 0 saturated heterocycles. The lowest BCUT2D eigenvalue weighted by molar-refractivity contribution is 0.978. The van der Waals surface area contributed by atoms with Gasteiger partial charge in [-0.1, -0.05) is 120 Å². The van der Waals surface area contributed by atoms with Gasteiger partial charge in [-0.25, -0.2) is 0 Å². The summed E-state index contributed by atoms with van der Waals surface area (Å²) in [5, 5.41) is 10.6. The number of rotatable bonds is 3. The fourth-order valence-electron chi connectivity index (χ4n) is 7.46. The summed E-state index contributed by atoms with van der Waals surface area (Å²) >= 11 is 0. The smallest absolute Gasteiger partial charge is 0.0547 e. The van der Waals surface area contributed by atoms with Crippen LogP contribution in [-0.2, 0) is 0 Å². The van der Waals surface area contributed by atoms with Crippen molar-refractivity contribution < 1.29 is 0 Å². The van der Waals surface area contributed by atoms with Crippen molar-refractivity contribution in [3.8, 4) is 16.8 Å². The number of aromatic nitrogens is 1. The Kier molecular flexibility index (Phi) is 5.22. The molecule has 0 amide bonds. The molecule has 0 fully saturated rings. The minimum absolute atomic E-state index is 1.06. The van der Waals surface area contributed by atoms with Crippen molar-refractivity contribution in [3.63, 3.8) is 0 Å². The fraction of sp³-hybridized carbons (Fsp3) is 0.0952. The molecule has 1 aliphatic rings. The third-order valence-corrected chi connectivity index (χ3v) is 9.65. The van der Waals surface area contributed by atoms with Crippen molar-refractivity contribution in [1.82, 2.24) is 4.57 Å². The van der Waals surface area contributed by atoms with E-state index in [1.807, 2.05) is 0 Å². The summed E-state index contributed by atoms with van der Waals surface area (Å²) < 4.78 is 2.51. The highest BCUT2D eigenvalue weighted by Crippen LogP contribution is 2.46. The van der Waals surface area contributed by atoms with E-state index >= 15 is 0 Å². The second-order valence-electron chi connectivity index (χ2n) is 12.2. The molecule has 9 rings (SSSR count). The number of allylic oxidation sites excluding steroid dienone is 4. The lowest BCUT2D eigenvalue weighted by Gasteiger charge is -2.22. The van der Waals surface area contributed by atoms with Crippen LogP contribution >= 0.6 is 0 Å². The summed E-state index contributed by atoms with van der Waals surface area (Å²) in [7, 11) is 0. The summed E-state index contributed by atoms with van der Waals surface area (Å²) in [6.07, 6.45) is 6.84. The van der Waals surface area contributed by atoms with Crippen LogP contribution < -0.4 is 0 Å².